The Bertz CT molecular complexity index is 689. The Kier molecular flexibility index (Phi) is 3.64. The summed E-state index contributed by atoms with van der Waals surface area (Å²) in [5.41, 5.74) is 1.16. The second-order valence-corrected chi connectivity index (χ2v) is 7.22. The number of anilines is 1. The summed E-state index contributed by atoms with van der Waals surface area (Å²) in [6.45, 7) is 3.62. The van der Waals surface area contributed by atoms with Crippen LogP contribution in [-0.4, -0.2) is 42.9 Å². The van der Waals surface area contributed by atoms with E-state index in [1.165, 1.54) is 0 Å². The molecule has 0 radical (unpaired) electrons. The van der Waals surface area contributed by atoms with Crippen molar-refractivity contribution < 1.29 is 9.59 Å². The maximum absolute atomic E-state index is 13.4. The fraction of sp³-hybridized carbons (Fsp3) is 0.579. The minimum Gasteiger partial charge on any atom is -0.356 e. The van der Waals surface area contributed by atoms with E-state index in [-0.39, 0.29) is 17.7 Å². The summed E-state index contributed by atoms with van der Waals surface area (Å²) in [5, 5.41) is 3.04. The molecule has 1 aromatic carbocycles. The van der Waals surface area contributed by atoms with Gasteiger partial charge in [-0.1, -0.05) is 25.1 Å². The van der Waals surface area contributed by atoms with Crippen molar-refractivity contribution in [2.45, 2.75) is 44.2 Å². The Morgan fingerprint density at radius 3 is 2.96 bits per heavy atom. The monoisotopic (exact) mass is 327 g/mol. The van der Waals surface area contributed by atoms with Crippen molar-refractivity contribution in [1.82, 2.24) is 10.2 Å². The number of nitrogens with one attached hydrogen (secondary N) is 1. The van der Waals surface area contributed by atoms with E-state index in [0.717, 1.165) is 43.5 Å². The third-order valence-electron chi connectivity index (χ3n) is 6.01. The Morgan fingerprint density at radius 1 is 1.38 bits per heavy atom. The average Bonchev–Trinajstić information content (AvgIpc) is 3.23. The number of hydrogen-bond acceptors (Lipinski definition) is 3. The molecule has 2 fully saturated rings. The van der Waals surface area contributed by atoms with Gasteiger partial charge in [0.2, 0.25) is 5.91 Å². The highest BCUT2D eigenvalue weighted by atomic mass is 16.2. The molecular formula is C19H25N3O2. The highest BCUT2D eigenvalue weighted by Gasteiger charge is 2.66. The lowest BCUT2D eigenvalue weighted by molar-refractivity contribution is -0.138. The van der Waals surface area contributed by atoms with Gasteiger partial charge in [0.25, 0.3) is 5.91 Å². The molecule has 3 atom stereocenters. The molecule has 1 spiro atoms. The average molecular weight is 327 g/mol. The fourth-order valence-electron chi connectivity index (χ4n) is 5.04. The predicted molar refractivity (Wildman–Crippen MR) is 92.7 cm³/mol. The minimum atomic E-state index is -0.801. The zero-order valence-electron chi connectivity index (χ0n) is 14.4. The van der Waals surface area contributed by atoms with E-state index in [0.29, 0.717) is 12.6 Å². The summed E-state index contributed by atoms with van der Waals surface area (Å²) in [5.74, 6) is -0.206. The van der Waals surface area contributed by atoms with Gasteiger partial charge in [-0.15, -0.1) is 0 Å². The first-order valence-corrected chi connectivity index (χ1v) is 9.04. The first kappa shape index (κ1) is 15.6. The van der Waals surface area contributed by atoms with E-state index in [9.17, 15) is 9.59 Å². The molecule has 3 unspecified atom stereocenters. The third-order valence-corrected chi connectivity index (χ3v) is 6.01. The van der Waals surface area contributed by atoms with Crippen molar-refractivity contribution in [3.05, 3.63) is 29.8 Å². The van der Waals surface area contributed by atoms with E-state index < -0.39 is 5.54 Å². The normalized spacial score (nSPS) is 31.6. The molecule has 0 aliphatic carbocycles. The molecule has 128 valence electrons. The number of rotatable bonds is 3. The van der Waals surface area contributed by atoms with Gasteiger partial charge < -0.3 is 10.2 Å². The van der Waals surface area contributed by atoms with Crippen molar-refractivity contribution >= 4 is 17.5 Å². The van der Waals surface area contributed by atoms with Gasteiger partial charge in [-0.2, -0.15) is 0 Å². The third kappa shape index (κ3) is 1.85. The van der Waals surface area contributed by atoms with Crippen LogP contribution >= 0.6 is 0 Å². The van der Waals surface area contributed by atoms with E-state index in [1.54, 1.807) is 4.90 Å². The number of para-hydroxylation sites is 1. The molecular weight excluding hydrogens is 302 g/mol. The van der Waals surface area contributed by atoms with Crippen molar-refractivity contribution in [3.63, 3.8) is 0 Å². The highest BCUT2D eigenvalue weighted by molar-refractivity contribution is 6.10. The zero-order chi connectivity index (χ0) is 16.9. The number of nitrogens with zero attached hydrogens (tertiary/aromatic N) is 2. The molecule has 4 rings (SSSR count). The van der Waals surface area contributed by atoms with Crippen LogP contribution in [0.1, 0.15) is 38.2 Å². The lowest BCUT2D eigenvalue weighted by Crippen LogP contribution is -2.55. The fourth-order valence-corrected chi connectivity index (χ4v) is 5.04. The Morgan fingerprint density at radius 2 is 2.17 bits per heavy atom. The van der Waals surface area contributed by atoms with Crippen LogP contribution in [0.15, 0.2) is 24.3 Å². The smallest absolute Gasteiger partial charge is 0.252 e. The first-order chi connectivity index (χ1) is 11.6. The second kappa shape index (κ2) is 5.59. The largest absolute Gasteiger partial charge is 0.356 e. The van der Waals surface area contributed by atoms with E-state index in [2.05, 4.69) is 10.2 Å². The molecule has 3 aliphatic heterocycles. The summed E-state index contributed by atoms with van der Waals surface area (Å²) < 4.78 is 0. The summed E-state index contributed by atoms with van der Waals surface area (Å²) in [7, 11) is 1.83. The molecule has 3 aliphatic rings. The van der Waals surface area contributed by atoms with Gasteiger partial charge in [0.1, 0.15) is 5.54 Å². The summed E-state index contributed by atoms with van der Waals surface area (Å²) >= 11 is 0. The molecule has 1 N–H and O–H groups in total. The second-order valence-electron chi connectivity index (χ2n) is 7.22. The van der Waals surface area contributed by atoms with E-state index in [1.807, 2.05) is 38.2 Å². The van der Waals surface area contributed by atoms with Crippen molar-refractivity contribution in [2.75, 3.05) is 25.0 Å². The molecule has 1 aromatic rings. The van der Waals surface area contributed by atoms with Crippen LogP contribution in [0.3, 0.4) is 0 Å². The molecule has 5 nitrogen and oxygen atoms in total. The van der Waals surface area contributed by atoms with Crippen LogP contribution in [0.25, 0.3) is 0 Å². The molecule has 2 saturated heterocycles. The van der Waals surface area contributed by atoms with Crippen LogP contribution in [0.2, 0.25) is 0 Å². The van der Waals surface area contributed by atoms with Crippen LogP contribution in [0.4, 0.5) is 5.69 Å². The SMILES string of the molecule is CCCNC(=O)C1CC2CCCN2C12C(=O)N(C)c1ccccc12. The highest BCUT2D eigenvalue weighted by Crippen LogP contribution is 2.56. The molecule has 5 heteroatoms. The lowest BCUT2D eigenvalue weighted by Gasteiger charge is -2.37. The molecule has 0 bridgehead atoms. The molecule has 0 aromatic heterocycles. The van der Waals surface area contributed by atoms with Gasteiger partial charge in [-0.25, -0.2) is 0 Å². The number of carbonyl (C=O) groups is 2. The molecule has 0 saturated carbocycles. The van der Waals surface area contributed by atoms with Crippen molar-refractivity contribution in [3.8, 4) is 0 Å². The van der Waals surface area contributed by atoms with Gasteiger partial charge in [0.15, 0.2) is 0 Å². The molecule has 3 heterocycles. The minimum absolute atomic E-state index is 0.0321. The Hall–Kier alpha value is -1.88. The van der Waals surface area contributed by atoms with Gasteiger partial charge in [-0.05, 0) is 38.3 Å². The predicted octanol–water partition coefficient (Wildman–Crippen LogP) is 1.87. The zero-order valence-corrected chi connectivity index (χ0v) is 14.4. The maximum atomic E-state index is 13.4. The molecule has 24 heavy (non-hydrogen) atoms. The summed E-state index contributed by atoms with van der Waals surface area (Å²) in [4.78, 5) is 30.4. The number of likely N-dealkylation sites (N-methyl/N-ethyl adjacent to an activating group) is 1. The van der Waals surface area contributed by atoms with Crippen LogP contribution in [0.5, 0.6) is 0 Å². The van der Waals surface area contributed by atoms with Gasteiger partial charge >= 0.3 is 0 Å². The number of benzene rings is 1. The Labute approximate surface area is 143 Å². The van der Waals surface area contributed by atoms with E-state index >= 15 is 0 Å². The maximum Gasteiger partial charge on any atom is 0.252 e. The van der Waals surface area contributed by atoms with Crippen LogP contribution in [0, 0.1) is 5.92 Å². The lowest BCUT2D eigenvalue weighted by atomic mass is 9.78. The summed E-state index contributed by atoms with van der Waals surface area (Å²) in [6, 6.07) is 8.32. The number of hydrogen-bond donors (Lipinski definition) is 1. The van der Waals surface area contributed by atoms with E-state index in [4.69, 9.17) is 0 Å². The summed E-state index contributed by atoms with van der Waals surface area (Å²) in [6.07, 6.45) is 3.87. The quantitative estimate of drug-likeness (QED) is 0.922. The number of carbonyl (C=O) groups excluding carboxylic acids is 2. The van der Waals surface area contributed by atoms with Crippen LogP contribution < -0.4 is 10.2 Å². The topological polar surface area (TPSA) is 52.7 Å². The van der Waals surface area contributed by atoms with Gasteiger partial charge in [0, 0.05) is 30.9 Å². The van der Waals surface area contributed by atoms with Crippen LogP contribution in [-0.2, 0) is 15.1 Å². The number of fused-ring (bicyclic) bond motifs is 4. The standard InChI is InChI=1S/C19H25N3O2/c1-3-10-20-17(23)15-12-13-7-6-11-22(13)19(15)14-8-4-5-9-16(14)21(2)18(19)24/h4-5,8-9,13,15H,3,6-7,10-12H2,1-2H3,(H,20,23). The van der Waals surface area contributed by atoms with Crippen molar-refractivity contribution in [2.24, 2.45) is 5.92 Å². The van der Waals surface area contributed by atoms with Gasteiger partial charge in [0.05, 0.1) is 5.92 Å². The number of amides is 2. The Balaban J connectivity index is 1.85. The molecule has 2 amide bonds. The van der Waals surface area contributed by atoms with Crippen molar-refractivity contribution in [1.29, 1.82) is 0 Å². The first-order valence-electron chi connectivity index (χ1n) is 9.04. The van der Waals surface area contributed by atoms with Gasteiger partial charge in [-0.3, -0.25) is 14.5 Å².